The Morgan fingerprint density at radius 3 is 1.89 bits per heavy atom. The maximum Gasteiger partial charge on any atom is 0.425 e. The number of fused-ring (bicyclic) bond motifs is 1. The van der Waals surface area contributed by atoms with E-state index >= 15 is 0 Å². The summed E-state index contributed by atoms with van der Waals surface area (Å²) in [6.45, 7) is 1.54. The van der Waals surface area contributed by atoms with Gasteiger partial charge < -0.3 is 19.8 Å². The van der Waals surface area contributed by atoms with Gasteiger partial charge in [0.25, 0.3) is 0 Å². The Hall–Kier alpha value is -3.37. The molecule has 0 saturated carbocycles. The molecule has 0 radical (unpaired) electrons. The van der Waals surface area contributed by atoms with Crippen LogP contribution in [0.25, 0.3) is 11.1 Å². The lowest BCUT2D eigenvalue weighted by Gasteiger charge is -2.35. The van der Waals surface area contributed by atoms with E-state index in [0.717, 1.165) is 11.6 Å². The molecule has 0 amide bonds. The minimum absolute atomic E-state index is 0.0583. The van der Waals surface area contributed by atoms with Crippen LogP contribution in [0.2, 0.25) is 0 Å². The fourth-order valence-corrected chi connectivity index (χ4v) is 4.93. The SMILES string of the molecule is O=C(O)C1(C(=O)O)CCN(CCc2ccc(OCc3ccc(C(F)(F)F)s3)cc2)CC1.c1cc2ccc1-2. The van der Waals surface area contributed by atoms with Gasteiger partial charge in [-0.25, -0.2) is 0 Å². The van der Waals surface area contributed by atoms with Crippen molar-refractivity contribution in [1.29, 1.82) is 0 Å². The summed E-state index contributed by atoms with van der Waals surface area (Å²) in [7, 11) is 0. The number of hydrogen-bond acceptors (Lipinski definition) is 5. The Bertz CT molecular complexity index is 1190. The number of alkyl halides is 3. The number of carbonyl (C=O) groups is 2. The molecule has 5 rings (SSSR count). The summed E-state index contributed by atoms with van der Waals surface area (Å²) >= 11 is 0.660. The van der Waals surface area contributed by atoms with Gasteiger partial charge in [-0.3, -0.25) is 9.59 Å². The maximum absolute atomic E-state index is 12.6. The molecule has 3 aliphatic rings. The molecule has 0 unspecified atom stereocenters. The van der Waals surface area contributed by atoms with Crippen LogP contribution in [0.3, 0.4) is 0 Å². The number of hydrogen-bond donors (Lipinski definition) is 2. The van der Waals surface area contributed by atoms with E-state index in [9.17, 15) is 33.0 Å². The number of piperidine rings is 1. The van der Waals surface area contributed by atoms with Gasteiger partial charge in [0.2, 0.25) is 0 Å². The summed E-state index contributed by atoms with van der Waals surface area (Å²) in [5.74, 6) is -2.02. The smallest absolute Gasteiger partial charge is 0.425 e. The fraction of sp³-hybridized carbons (Fsp3) is 0.333. The quantitative estimate of drug-likeness (QED) is 0.278. The van der Waals surface area contributed by atoms with Crippen molar-refractivity contribution < 1.29 is 37.7 Å². The second kappa shape index (κ2) is 10.9. The zero-order valence-corrected chi connectivity index (χ0v) is 20.6. The first-order valence-corrected chi connectivity index (χ1v) is 12.6. The molecule has 2 heterocycles. The van der Waals surface area contributed by atoms with Gasteiger partial charge in [0, 0.05) is 11.4 Å². The van der Waals surface area contributed by atoms with Gasteiger partial charge in [-0.1, -0.05) is 36.4 Å². The molecule has 1 fully saturated rings. The van der Waals surface area contributed by atoms with Crippen molar-refractivity contribution in [1.82, 2.24) is 4.90 Å². The monoisotopic (exact) mass is 533 g/mol. The molecule has 2 aromatic rings. The number of carboxylic acid groups (broad SMARTS) is 2. The van der Waals surface area contributed by atoms with E-state index in [0.29, 0.717) is 48.0 Å². The number of thiophene rings is 1. The molecular weight excluding hydrogens is 507 g/mol. The Morgan fingerprint density at radius 2 is 1.46 bits per heavy atom. The Balaban J connectivity index is 0.000000458. The molecule has 0 atom stereocenters. The van der Waals surface area contributed by atoms with Crippen LogP contribution in [0.4, 0.5) is 13.2 Å². The Kier molecular flexibility index (Phi) is 7.89. The molecule has 1 saturated heterocycles. The molecule has 2 N–H and O–H groups in total. The summed E-state index contributed by atoms with van der Waals surface area (Å²) in [6, 6.07) is 18.2. The van der Waals surface area contributed by atoms with Gasteiger partial charge >= 0.3 is 18.1 Å². The molecule has 0 bridgehead atoms. The topological polar surface area (TPSA) is 87.1 Å². The van der Waals surface area contributed by atoms with Crippen LogP contribution < -0.4 is 4.74 Å². The summed E-state index contributed by atoms with van der Waals surface area (Å²) in [6.07, 6.45) is -3.50. The normalized spacial score (nSPS) is 15.9. The van der Waals surface area contributed by atoms with Crippen molar-refractivity contribution in [2.24, 2.45) is 5.41 Å². The Labute approximate surface area is 215 Å². The van der Waals surface area contributed by atoms with Crippen molar-refractivity contribution in [3.8, 4) is 16.9 Å². The first-order chi connectivity index (χ1) is 17.6. The maximum atomic E-state index is 12.6. The average molecular weight is 534 g/mol. The summed E-state index contributed by atoms with van der Waals surface area (Å²) in [4.78, 5) is 24.6. The van der Waals surface area contributed by atoms with Gasteiger partial charge in [0.1, 0.15) is 17.2 Å². The van der Waals surface area contributed by atoms with E-state index in [2.05, 4.69) is 24.3 Å². The average Bonchev–Trinajstić information content (AvgIpc) is 3.34. The zero-order chi connectivity index (χ0) is 26.6. The number of halogens is 3. The largest absolute Gasteiger partial charge is 0.488 e. The number of rotatable bonds is 8. The van der Waals surface area contributed by atoms with Crippen molar-refractivity contribution in [3.63, 3.8) is 0 Å². The molecule has 1 aromatic heterocycles. The second-order valence-corrected chi connectivity index (χ2v) is 10.2. The van der Waals surface area contributed by atoms with Crippen LogP contribution in [-0.4, -0.2) is 46.7 Å². The highest BCUT2D eigenvalue weighted by molar-refractivity contribution is 7.12. The standard InChI is InChI=1S/C21H22F3NO5S.C6H4/c22-21(23,24)17-6-5-16(31-17)13-30-15-3-1-14(2-4-15)7-10-25-11-8-20(9-12-25,18(26)27)19(28)29;1-2-6-4-3-5(1)6/h1-6H,7-13H2,(H,26,27)(H,28,29);1-4H. The van der Waals surface area contributed by atoms with Crippen LogP contribution in [0.1, 0.15) is 28.2 Å². The fourth-order valence-electron chi connectivity index (χ4n) is 4.14. The summed E-state index contributed by atoms with van der Waals surface area (Å²) in [5.41, 5.74) is 2.18. The third-order valence-electron chi connectivity index (χ3n) is 6.71. The molecule has 2 aliphatic carbocycles. The summed E-state index contributed by atoms with van der Waals surface area (Å²) in [5, 5.41) is 18.5. The van der Waals surface area contributed by atoms with Crippen molar-refractivity contribution in [2.75, 3.05) is 19.6 Å². The first-order valence-electron chi connectivity index (χ1n) is 11.7. The Morgan fingerprint density at radius 1 is 0.892 bits per heavy atom. The van der Waals surface area contributed by atoms with E-state index in [1.54, 1.807) is 12.1 Å². The number of likely N-dealkylation sites (tertiary alicyclic amines) is 1. The van der Waals surface area contributed by atoms with Gasteiger partial charge in [-0.05, 0) is 73.3 Å². The highest BCUT2D eigenvalue weighted by atomic mass is 32.1. The first kappa shape index (κ1) is 26.7. The van der Waals surface area contributed by atoms with E-state index in [1.807, 2.05) is 17.0 Å². The lowest BCUT2D eigenvalue weighted by Crippen LogP contribution is -2.49. The van der Waals surface area contributed by atoms with Crippen LogP contribution in [0.15, 0.2) is 60.7 Å². The second-order valence-electron chi connectivity index (χ2n) is 9.06. The van der Waals surface area contributed by atoms with Crippen molar-refractivity contribution in [2.45, 2.75) is 32.0 Å². The van der Waals surface area contributed by atoms with Crippen LogP contribution in [0.5, 0.6) is 5.75 Å². The lowest BCUT2D eigenvalue weighted by molar-refractivity contribution is -0.168. The van der Waals surface area contributed by atoms with Crippen molar-refractivity contribution >= 4 is 23.3 Å². The third kappa shape index (κ3) is 6.31. The van der Waals surface area contributed by atoms with Gasteiger partial charge in [0.05, 0.1) is 0 Å². The van der Waals surface area contributed by atoms with Crippen molar-refractivity contribution in [3.05, 3.63) is 76.0 Å². The van der Waals surface area contributed by atoms with E-state index in [-0.39, 0.29) is 19.4 Å². The molecule has 1 aliphatic heterocycles. The molecule has 6 nitrogen and oxygen atoms in total. The third-order valence-corrected chi connectivity index (χ3v) is 7.81. The molecule has 0 spiro atoms. The predicted octanol–water partition coefficient (Wildman–Crippen LogP) is 5.81. The number of benzene rings is 2. The number of carboxylic acids is 2. The van der Waals surface area contributed by atoms with Gasteiger partial charge in [0.15, 0.2) is 5.41 Å². The molecule has 1 aromatic carbocycles. The summed E-state index contributed by atoms with van der Waals surface area (Å²) < 4.78 is 43.5. The molecule has 196 valence electrons. The number of nitrogens with zero attached hydrogens (tertiary/aromatic N) is 1. The molecule has 37 heavy (non-hydrogen) atoms. The highest BCUT2D eigenvalue weighted by Gasteiger charge is 2.48. The van der Waals surface area contributed by atoms with Crippen LogP contribution >= 0.6 is 11.3 Å². The van der Waals surface area contributed by atoms with E-state index in [4.69, 9.17) is 4.74 Å². The molecule has 10 heteroatoms. The minimum Gasteiger partial charge on any atom is -0.488 e. The zero-order valence-electron chi connectivity index (χ0n) is 19.8. The van der Waals surface area contributed by atoms with Crippen LogP contribution in [-0.2, 0) is 28.8 Å². The van der Waals surface area contributed by atoms with Crippen LogP contribution in [0, 0.1) is 5.41 Å². The number of ether oxygens (including phenoxy) is 1. The predicted molar refractivity (Wildman–Crippen MR) is 133 cm³/mol. The van der Waals surface area contributed by atoms with Gasteiger partial charge in [-0.15, -0.1) is 11.3 Å². The van der Waals surface area contributed by atoms with Gasteiger partial charge in [-0.2, -0.15) is 13.2 Å². The van der Waals surface area contributed by atoms with E-state index < -0.39 is 28.4 Å². The minimum atomic E-state index is -4.35. The van der Waals surface area contributed by atoms with E-state index in [1.165, 1.54) is 17.2 Å². The number of aliphatic carboxylic acids is 2. The lowest BCUT2D eigenvalue weighted by atomic mass is 9.78. The molecular formula is C27H26F3NO5S. The highest BCUT2D eigenvalue weighted by Crippen LogP contribution is 2.35.